The van der Waals surface area contributed by atoms with Gasteiger partial charge in [-0.05, 0) is 24.1 Å². The summed E-state index contributed by atoms with van der Waals surface area (Å²) in [6.07, 6.45) is 0.938. The predicted octanol–water partition coefficient (Wildman–Crippen LogP) is 3.16. The first-order valence-corrected chi connectivity index (χ1v) is 8.49. The van der Waals surface area contributed by atoms with E-state index < -0.39 is 10.8 Å². The molecule has 0 amide bonds. The lowest BCUT2D eigenvalue weighted by Gasteiger charge is -2.04. The van der Waals surface area contributed by atoms with Crippen molar-refractivity contribution in [2.24, 2.45) is 0 Å². The molecule has 19 heavy (non-hydrogen) atoms. The minimum atomic E-state index is -0.932. The maximum Gasteiger partial charge on any atom is 0.119 e. The molecule has 0 N–H and O–H groups in total. The summed E-state index contributed by atoms with van der Waals surface area (Å²) < 4.78 is 17.3. The molecule has 2 aromatic rings. The monoisotopic (exact) mass is 295 g/mol. The van der Waals surface area contributed by atoms with Crippen molar-refractivity contribution in [3.05, 3.63) is 45.9 Å². The number of hydrogen-bond donors (Lipinski definition) is 0. The van der Waals surface area contributed by atoms with Crippen LogP contribution >= 0.6 is 11.3 Å². The summed E-state index contributed by atoms with van der Waals surface area (Å²) in [7, 11) is 0.704. The van der Waals surface area contributed by atoms with E-state index in [0.717, 1.165) is 28.4 Å². The summed E-state index contributed by atoms with van der Waals surface area (Å²) in [5, 5.41) is 3.11. The number of nitrogens with zero attached hydrogens (tertiary/aromatic N) is 1. The summed E-state index contributed by atoms with van der Waals surface area (Å²) >= 11 is 1.64. The molecule has 1 aromatic carbocycles. The van der Waals surface area contributed by atoms with Crippen LogP contribution in [-0.2, 0) is 28.7 Å². The molecular formula is C14H17NO2S2. The van der Waals surface area contributed by atoms with E-state index in [0.29, 0.717) is 11.5 Å². The highest BCUT2D eigenvalue weighted by Gasteiger charge is 2.07. The smallest absolute Gasteiger partial charge is 0.119 e. The van der Waals surface area contributed by atoms with Crippen molar-refractivity contribution >= 4 is 22.1 Å². The molecule has 0 saturated carbocycles. The molecule has 102 valence electrons. The molecule has 0 saturated heterocycles. The standard InChI is InChI=1S/C14H17NO2S2/c1-3-14-15-12(8-18-14)10-19(16)9-11-5-4-6-13(7-11)17-2/h4-8H,3,9-10H2,1-2H3/t19-/m1/s1. The molecular weight excluding hydrogens is 278 g/mol. The fraction of sp³-hybridized carbons (Fsp3) is 0.357. The Balaban J connectivity index is 1.96. The number of aromatic nitrogens is 1. The Hall–Kier alpha value is -1.20. The fourth-order valence-electron chi connectivity index (χ4n) is 1.74. The second kappa shape index (κ2) is 6.82. The fourth-order valence-corrected chi connectivity index (χ4v) is 3.72. The van der Waals surface area contributed by atoms with Gasteiger partial charge in [0.1, 0.15) is 5.75 Å². The summed E-state index contributed by atoms with van der Waals surface area (Å²) in [5.41, 5.74) is 1.96. The third-order valence-corrected chi connectivity index (χ3v) is 4.99. The van der Waals surface area contributed by atoms with Gasteiger partial charge in [0.25, 0.3) is 0 Å². The number of benzene rings is 1. The van der Waals surface area contributed by atoms with E-state index in [1.807, 2.05) is 29.6 Å². The largest absolute Gasteiger partial charge is 0.497 e. The first-order valence-electron chi connectivity index (χ1n) is 6.12. The van der Waals surface area contributed by atoms with Gasteiger partial charge in [0.2, 0.25) is 0 Å². The molecule has 0 aliphatic rings. The van der Waals surface area contributed by atoms with Gasteiger partial charge in [-0.1, -0.05) is 19.1 Å². The van der Waals surface area contributed by atoms with E-state index in [4.69, 9.17) is 4.74 Å². The molecule has 0 spiro atoms. The number of rotatable bonds is 6. The van der Waals surface area contributed by atoms with Gasteiger partial charge in [-0.15, -0.1) is 11.3 Å². The molecule has 5 heteroatoms. The zero-order valence-electron chi connectivity index (χ0n) is 11.1. The Kier molecular flexibility index (Phi) is 5.10. The Labute approximate surface area is 120 Å². The van der Waals surface area contributed by atoms with Crippen LogP contribution in [0.3, 0.4) is 0 Å². The number of methoxy groups -OCH3 is 1. The van der Waals surface area contributed by atoms with Crippen LogP contribution in [0.1, 0.15) is 23.2 Å². The van der Waals surface area contributed by atoms with Crippen LogP contribution in [0.25, 0.3) is 0 Å². The van der Waals surface area contributed by atoms with Crippen molar-refractivity contribution in [2.75, 3.05) is 7.11 Å². The highest BCUT2D eigenvalue weighted by atomic mass is 32.2. The van der Waals surface area contributed by atoms with E-state index in [2.05, 4.69) is 11.9 Å². The van der Waals surface area contributed by atoms with Gasteiger partial charge in [0, 0.05) is 21.9 Å². The Morgan fingerprint density at radius 2 is 2.21 bits per heavy atom. The molecule has 1 heterocycles. The second-order valence-electron chi connectivity index (χ2n) is 4.17. The predicted molar refractivity (Wildman–Crippen MR) is 80.0 cm³/mol. The second-order valence-corrected chi connectivity index (χ2v) is 6.57. The number of aryl methyl sites for hydroxylation is 1. The van der Waals surface area contributed by atoms with Gasteiger partial charge in [-0.2, -0.15) is 0 Å². The lowest BCUT2D eigenvalue weighted by molar-refractivity contribution is 0.414. The van der Waals surface area contributed by atoms with Gasteiger partial charge in [0.15, 0.2) is 0 Å². The lowest BCUT2D eigenvalue weighted by Crippen LogP contribution is -2.00. The van der Waals surface area contributed by atoms with Crippen molar-refractivity contribution < 1.29 is 8.95 Å². The summed E-state index contributed by atoms with van der Waals surface area (Å²) in [6, 6.07) is 7.71. The molecule has 2 rings (SSSR count). The summed E-state index contributed by atoms with van der Waals surface area (Å²) in [4.78, 5) is 4.44. The number of hydrogen-bond acceptors (Lipinski definition) is 4. The first kappa shape index (κ1) is 14.2. The van der Waals surface area contributed by atoms with E-state index >= 15 is 0 Å². The van der Waals surface area contributed by atoms with Gasteiger partial charge in [0.05, 0.1) is 23.6 Å². The van der Waals surface area contributed by atoms with E-state index in [1.165, 1.54) is 0 Å². The van der Waals surface area contributed by atoms with Crippen LogP contribution in [0.15, 0.2) is 29.6 Å². The van der Waals surface area contributed by atoms with Crippen molar-refractivity contribution in [2.45, 2.75) is 24.9 Å². The highest BCUT2D eigenvalue weighted by Crippen LogP contribution is 2.16. The number of thiazole rings is 1. The zero-order chi connectivity index (χ0) is 13.7. The van der Waals surface area contributed by atoms with Crippen molar-refractivity contribution in [3.63, 3.8) is 0 Å². The third kappa shape index (κ3) is 4.14. The van der Waals surface area contributed by atoms with Crippen LogP contribution in [0.5, 0.6) is 5.75 Å². The molecule has 0 aliphatic carbocycles. The Morgan fingerprint density at radius 1 is 1.37 bits per heavy atom. The Bertz CT molecular complexity index is 566. The molecule has 1 aromatic heterocycles. The molecule has 0 bridgehead atoms. The summed E-state index contributed by atoms with van der Waals surface area (Å²) in [6.45, 7) is 2.08. The van der Waals surface area contributed by atoms with Crippen LogP contribution in [0.4, 0.5) is 0 Å². The van der Waals surface area contributed by atoms with E-state index in [-0.39, 0.29) is 0 Å². The topological polar surface area (TPSA) is 39.2 Å². The van der Waals surface area contributed by atoms with Crippen molar-refractivity contribution in [3.8, 4) is 5.75 Å². The van der Waals surface area contributed by atoms with Gasteiger partial charge in [-0.25, -0.2) is 4.98 Å². The average molecular weight is 295 g/mol. The first-order chi connectivity index (χ1) is 9.21. The van der Waals surface area contributed by atoms with E-state index in [1.54, 1.807) is 18.4 Å². The van der Waals surface area contributed by atoms with Crippen molar-refractivity contribution in [1.29, 1.82) is 0 Å². The van der Waals surface area contributed by atoms with Gasteiger partial charge < -0.3 is 4.74 Å². The van der Waals surface area contributed by atoms with Crippen LogP contribution < -0.4 is 4.74 Å². The SMILES string of the molecule is CCc1nc(C[S@](=O)Cc2cccc(OC)c2)cs1. The molecule has 0 fully saturated rings. The molecule has 0 radical (unpaired) electrons. The number of ether oxygens (including phenoxy) is 1. The molecule has 0 unspecified atom stereocenters. The van der Waals surface area contributed by atoms with Gasteiger partial charge >= 0.3 is 0 Å². The maximum absolute atomic E-state index is 12.1. The molecule has 1 atom stereocenters. The van der Waals surface area contributed by atoms with Gasteiger partial charge in [-0.3, -0.25) is 4.21 Å². The summed E-state index contributed by atoms with van der Waals surface area (Å²) in [5.74, 6) is 1.86. The van der Waals surface area contributed by atoms with E-state index in [9.17, 15) is 4.21 Å². The lowest BCUT2D eigenvalue weighted by atomic mass is 10.2. The normalized spacial score (nSPS) is 12.3. The van der Waals surface area contributed by atoms with Crippen molar-refractivity contribution in [1.82, 2.24) is 4.98 Å². The third-order valence-electron chi connectivity index (χ3n) is 2.67. The van der Waals surface area contributed by atoms with Crippen LogP contribution in [-0.4, -0.2) is 16.3 Å². The quantitative estimate of drug-likeness (QED) is 0.821. The average Bonchev–Trinajstić information content (AvgIpc) is 2.86. The molecule has 0 aliphatic heterocycles. The minimum absolute atomic E-state index is 0.522. The van der Waals surface area contributed by atoms with Crippen LogP contribution in [0.2, 0.25) is 0 Å². The minimum Gasteiger partial charge on any atom is -0.497 e. The van der Waals surface area contributed by atoms with Crippen LogP contribution in [0, 0.1) is 0 Å². The Morgan fingerprint density at radius 3 is 2.89 bits per heavy atom. The maximum atomic E-state index is 12.1. The molecule has 3 nitrogen and oxygen atoms in total. The highest BCUT2D eigenvalue weighted by molar-refractivity contribution is 7.83. The zero-order valence-corrected chi connectivity index (χ0v) is 12.7.